The summed E-state index contributed by atoms with van der Waals surface area (Å²) in [4.78, 5) is 36.8. The third-order valence-electron chi connectivity index (χ3n) is 4.75. The summed E-state index contributed by atoms with van der Waals surface area (Å²) in [6.07, 6.45) is 0.397. The molecular weight excluding hydrogens is 450 g/mol. The lowest BCUT2D eigenvalue weighted by Gasteiger charge is -2.19. The highest BCUT2D eigenvalue weighted by atomic mass is 32.2. The Morgan fingerprint density at radius 1 is 0.912 bits per heavy atom. The molecule has 0 aromatic heterocycles. The normalized spacial score (nSPS) is 12.0. The summed E-state index contributed by atoms with van der Waals surface area (Å²) in [6, 6.07) is 22.5. The number of rotatable bonds is 8. The van der Waals surface area contributed by atoms with Crippen LogP contribution >= 0.6 is 11.8 Å². The summed E-state index contributed by atoms with van der Waals surface area (Å²) in [5.41, 5.74) is 1.79. The zero-order chi connectivity index (χ0) is 24.7. The van der Waals surface area contributed by atoms with Crippen LogP contribution in [0.15, 0.2) is 83.8 Å². The minimum Gasteiger partial charge on any atom is -0.326 e. The molecule has 2 amide bonds. The number of hydrogen-bond acceptors (Lipinski definition) is 5. The highest BCUT2D eigenvalue weighted by Gasteiger charge is 2.23. The van der Waals surface area contributed by atoms with Crippen LogP contribution in [0.5, 0.6) is 0 Å². The Labute approximate surface area is 203 Å². The van der Waals surface area contributed by atoms with Gasteiger partial charge in [-0.25, -0.2) is 0 Å². The van der Waals surface area contributed by atoms with E-state index in [9.17, 15) is 19.7 Å². The fourth-order valence-electron chi connectivity index (χ4n) is 3.25. The monoisotopic (exact) mass is 477 g/mol. The van der Waals surface area contributed by atoms with E-state index in [1.54, 1.807) is 0 Å². The Morgan fingerprint density at radius 2 is 1.59 bits per heavy atom. The topological polar surface area (TPSA) is 101 Å². The van der Waals surface area contributed by atoms with Gasteiger partial charge in [0.25, 0.3) is 5.69 Å². The van der Waals surface area contributed by atoms with Gasteiger partial charge in [-0.1, -0.05) is 57.2 Å². The number of carbonyl (C=O) groups excluding carboxylic acids is 2. The standard InChI is InChI=1S/C26H27N3O4S/c1-26(2,3)17-23(30)27-20-10-7-11-22(16-20)34-24(18-8-5-4-6-9-18)25(31)28-19-12-14-21(15-13-19)29(32)33/h4-16,24H,17H2,1-3H3,(H,27,30)(H,28,31). The fraction of sp³-hybridized carbons (Fsp3) is 0.231. The molecule has 0 spiro atoms. The minimum absolute atomic E-state index is 0.0442. The molecule has 0 bridgehead atoms. The van der Waals surface area contributed by atoms with E-state index in [0.717, 1.165) is 10.5 Å². The number of amides is 2. The minimum atomic E-state index is -0.572. The smallest absolute Gasteiger partial charge is 0.269 e. The molecule has 0 aliphatic carbocycles. The molecule has 1 unspecified atom stereocenters. The summed E-state index contributed by atoms with van der Waals surface area (Å²) in [7, 11) is 0. The van der Waals surface area contributed by atoms with Crippen LogP contribution in [-0.2, 0) is 9.59 Å². The summed E-state index contributed by atoms with van der Waals surface area (Å²) in [5, 5.41) is 16.1. The van der Waals surface area contributed by atoms with Crippen LogP contribution in [0.1, 0.15) is 38.0 Å². The molecular formula is C26H27N3O4S. The Morgan fingerprint density at radius 3 is 2.21 bits per heavy atom. The lowest BCUT2D eigenvalue weighted by atomic mass is 9.92. The molecule has 176 valence electrons. The molecule has 0 heterocycles. The lowest BCUT2D eigenvalue weighted by molar-refractivity contribution is -0.384. The third-order valence-corrected chi connectivity index (χ3v) is 6.00. The third kappa shape index (κ3) is 7.45. The van der Waals surface area contributed by atoms with Crippen molar-refractivity contribution in [2.24, 2.45) is 5.41 Å². The van der Waals surface area contributed by atoms with Crippen molar-refractivity contribution in [1.82, 2.24) is 0 Å². The van der Waals surface area contributed by atoms with E-state index in [4.69, 9.17) is 0 Å². The summed E-state index contributed by atoms with van der Waals surface area (Å²) >= 11 is 1.36. The number of hydrogen-bond donors (Lipinski definition) is 2. The van der Waals surface area contributed by atoms with Crippen LogP contribution in [-0.4, -0.2) is 16.7 Å². The van der Waals surface area contributed by atoms with Gasteiger partial charge < -0.3 is 10.6 Å². The molecule has 34 heavy (non-hydrogen) atoms. The van der Waals surface area contributed by atoms with Crippen LogP contribution in [0.3, 0.4) is 0 Å². The number of benzene rings is 3. The molecule has 7 nitrogen and oxygen atoms in total. The number of nitro benzene ring substituents is 1. The average Bonchev–Trinajstić information content (AvgIpc) is 2.77. The molecule has 0 aliphatic heterocycles. The number of nitro groups is 1. The summed E-state index contributed by atoms with van der Waals surface area (Å²) in [5.74, 6) is -0.322. The van der Waals surface area contributed by atoms with Gasteiger partial charge in [0.05, 0.1) is 4.92 Å². The second-order valence-electron chi connectivity index (χ2n) is 9.02. The molecule has 0 saturated heterocycles. The highest BCUT2D eigenvalue weighted by Crippen LogP contribution is 2.37. The predicted octanol–water partition coefficient (Wildman–Crippen LogP) is 6.44. The highest BCUT2D eigenvalue weighted by molar-refractivity contribution is 8.00. The average molecular weight is 478 g/mol. The number of non-ortho nitro benzene ring substituents is 1. The van der Waals surface area contributed by atoms with Gasteiger partial charge in [0.15, 0.2) is 0 Å². The first-order chi connectivity index (χ1) is 16.1. The van der Waals surface area contributed by atoms with Crippen molar-refractivity contribution in [2.45, 2.75) is 37.3 Å². The summed E-state index contributed by atoms with van der Waals surface area (Å²) < 4.78 is 0. The van der Waals surface area contributed by atoms with Gasteiger partial charge >= 0.3 is 0 Å². The van der Waals surface area contributed by atoms with E-state index in [1.165, 1.54) is 36.0 Å². The second kappa shape index (κ2) is 11.0. The molecule has 3 rings (SSSR count). The van der Waals surface area contributed by atoms with Crippen LogP contribution in [0.4, 0.5) is 17.1 Å². The van der Waals surface area contributed by atoms with Crippen LogP contribution in [0, 0.1) is 15.5 Å². The molecule has 3 aromatic carbocycles. The van der Waals surface area contributed by atoms with Gasteiger partial charge in [0.1, 0.15) is 5.25 Å². The first-order valence-electron chi connectivity index (χ1n) is 10.8. The van der Waals surface area contributed by atoms with E-state index in [-0.39, 0.29) is 22.9 Å². The van der Waals surface area contributed by atoms with Gasteiger partial charge in [0, 0.05) is 34.8 Å². The number of nitrogens with one attached hydrogen (secondary N) is 2. The van der Waals surface area contributed by atoms with Crippen LogP contribution < -0.4 is 10.6 Å². The van der Waals surface area contributed by atoms with E-state index in [1.807, 2.05) is 75.4 Å². The van der Waals surface area contributed by atoms with Crippen LogP contribution in [0.25, 0.3) is 0 Å². The second-order valence-corrected chi connectivity index (χ2v) is 10.2. The SMILES string of the molecule is CC(C)(C)CC(=O)Nc1cccc(SC(C(=O)Nc2ccc([N+](=O)[O-])cc2)c2ccccc2)c1. The van der Waals surface area contributed by atoms with E-state index in [2.05, 4.69) is 10.6 Å². The molecule has 8 heteroatoms. The number of thioether (sulfide) groups is 1. The van der Waals surface area contributed by atoms with Crippen molar-refractivity contribution in [3.05, 3.63) is 94.5 Å². The lowest BCUT2D eigenvalue weighted by Crippen LogP contribution is -2.20. The quantitative estimate of drug-likeness (QED) is 0.221. The zero-order valence-electron chi connectivity index (χ0n) is 19.3. The van der Waals surface area contributed by atoms with Gasteiger partial charge in [-0.05, 0) is 41.3 Å². The van der Waals surface area contributed by atoms with Gasteiger partial charge in [-0.2, -0.15) is 0 Å². The molecule has 0 aliphatic rings. The first-order valence-corrected chi connectivity index (χ1v) is 11.7. The summed E-state index contributed by atoms with van der Waals surface area (Å²) in [6.45, 7) is 6.02. The Kier molecular flexibility index (Phi) is 8.07. The van der Waals surface area contributed by atoms with Gasteiger partial charge in [-0.3, -0.25) is 19.7 Å². The van der Waals surface area contributed by atoms with Crippen molar-refractivity contribution >= 4 is 40.6 Å². The molecule has 0 saturated carbocycles. The Hall–Kier alpha value is -3.65. The molecule has 0 radical (unpaired) electrons. The maximum atomic E-state index is 13.2. The van der Waals surface area contributed by atoms with Crippen LogP contribution in [0.2, 0.25) is 0 Å². The molecule has 1 atom stereocenters. The maximum Gasteiger partial charge on any atom is 0.269 e. The van der Waals surface area contributed by atoms with Crippen molar-refractivity contribution in [3.63, 3.8) is 0 Å². The largest absolute Gasteiger partial charge is 0.326 e. The number of anilines is 2. The van der Waals surface area contributed by atoms with E-state index < -0.39 is 10.2 Å². The molecule has 3 aromatic rings. The van der Waals surface area contributed by atoms with E-state index >= 15 is 0 Å². The van der Waals surface area contributed by atoms with Gasteiger partial charge in [-0.15, -0.1) is 11.8 Å². The molecule has 2 N–H and O–H groups in total. The first kappa shape index (κ1) is 25.0. The fourth-order valence-corrected chi connectivity index (χ4v) is 4.33. The maximum absolute atomic E-state index is 13.2. The Balaban J connectivity index is 1.79. The Bertz CT molecular complexity index is 1160. The van der Waals surface area contributed by atoms with Crippen molar-refractivity contribution in [3.8, 4) is 0 Å². The van der Waals surface area contributed by atoms with E-state index in [0.29, 0.717) is 17.8 Å². The van der Waals surface area contributed by atoms with Crippen molar-refractivity contribution in [2.75, 3.05) is 10.6 Å². The predicted molar refractivity (Wildman–Crippen MR) is 136 cm³/mol. The number of nitrogens with zero attached hydrogens (tertiary/aromatic N) is 1. The zero-order valence-corrected chi connectivity index (χ0v) is 20.1. The van der Waals surface area contributed by atoms with Crippen molar-refractivity contribution < 1.29 is 14.5 Å². The number of carbonyl (C=O) groups is 2. The van der Waals surface area contributed by atoms with Gasteiger partial charge in [0.2, 0.25) is 11.8 Å². The molecule has 0 fully saturated rings. The van der Waals surface area contributed by atoms with Crippen molar-refractivity contribution in [1.29, 1.82) is 0 Å².